The van der Waals surface area contributed by atoms with E-state index in [-0.39, 0.29) is 0 Å². The average molecular weight is 335 g/mol. The number of nitrogens with one attached hydrogen (secondary N) is 1. The highest BCUT2D eigenvalue weighted by molar-refractivity contribution is 9.10. The Morgan fingerprint density at radius 2 is 1.90 bits per heavy atom. The van der Waals surface area contributed by atoms with E-state index in [9.17, 15) is 0 Å². The minimum atomic E-state index is 0.457. The van der Waals surface area contributed by atoms with Crippen molar-refractivity contribution >= 4 is 15.9 Å². The lowest BCUT2D eigenvalue weighted by Gasteiger charge is -2.10. The number of rotatable bonds is 6. The van der Waals surface area contributed by atoms with Gasteiger partial charge in [0.25, 0.3) is 0 Å². The highest BCUT2D eigenvalue weighted by Crippen LogP contribution is 2.18. The van der Waals surface area contributed by atoms with Gasteiger partial charge in [-0.25, -0.2) is 0 Å². The first-order chi connectivity index (χ1) is 9.63. The van der Waals surface area contributed by atoms with E-state index in [2.05, 4.69) is 40.1 Å². The summed E-state index contributed by atoms with van der Waals surface area (Å²) in [7, 11) is 0. The Labute approximate surface area is 128 Å². The van der Waals surface area contributed by atoms with Crippen molar-refractivity contribution in [2.75, 3.05) is 0 Å². The molecule has 3 nitrogen and oxygen atoms in total. The maximum Gasteiger partial charge on any atom is 0.130 e. The van der Waals surface area contributed by atoms with Crippen LogP contribution in [0.25, 0.3) is 0 Å². The minimum absolute atomic E-state index is 0.457. The molecule has 2 aromatic rings. The van der Waals surface area contributed by atoms with Crippen molar-refractivity contribution in [3.63, 3.8) is 0 Å². The Morgan fingerprint density at radius 3 is 2.65 bits per heavy atom. The fourth-order valence-corrected chi connectivity index (χ4v) is 2.11. The maximum absolute atomic E-state index is 5.74. The maximum atomic E-state index is 5.74. The number of benzene rings is 1. The van der Waals surface area contributed by atoms with Crippen LogP contribution in [0.4, 0.5) is 0 Å². The van der Waals surface area contributed by atoms with E-state index in [1.165, 1.54) is 0 Å². The van der Waals surface area contributed by atoms with E-state index in [4.69, 9.17) is 4.74 Å². The van der Waals surface area contributed by atoms with Gasteiger partial charge in [0, 0.05) is 17.1 Å². The van der Waals surface area contributed by atoms with E-state index in [1.807, 2.05) is 42.5 Å². The SMILES string of the molecule is CC(C)NCc1cccc(COc2cccc(Br)c2)n1. The summed E-state index contributed by atoms with van der Waals surface area (Å²) in [5.74, 6) is 0.840. The molecule has 1 N–H and O–H groups in total. The molecular weight excluding hydrogens is 316 g/mol. The van der Waals surface area contributed by atoms with Crippen molar-refractivity contribution in [3.8, 4) is 5.75 Å². The first-order valence-electron chi connectivity index (χ1n) is 6.70. The summed E-state index contributed by atoms with van der Waals surface area (Å²) in [6.07, 6.45) is 0. The molecule has 0 radical (unpaired) electrons. The molecule has 106 valence electrons. The van der Waals surface area contributed by atoms with E-state index in [0.717, 1.165) is 28.2 Å². The van der Waals surface area contributed by atoms with Crippen LogP contribution in [0, 0.1) is 0 Å². The lowest BCUT2D eigenvalue weighted by atomic mass is 10.3. The van der Waals surface area contributed by atoms with Crippen molar-refractivity contribution in [2.45, 2.75) is 33.0 Å². The fraction of sp³-hybridized carbons (Fsp3) is 0.312. The second-order valence-electron chi connectivity index (χ2n) is 4.90. The van der Waals surface area contributed by atoms with Crippen molar-refractivity contribution < 1.29 is 4.74 Å². The molecule has 0 aliphatic rings. The molecule has 0 unspecified atom stereocenters. The van der Waals surface area contributed by atoms with Crippen LogP contribution in [0.15, 0.2) is 46.9 Å². The Bertz CT molecular complexity index is 558. The third kappa shape index (κ3) is 4.94. The molecular formula is C16H19BrN2O. The predicted octanol–water partition coefficient (Wildman–Crippen LogP) is 3.92. The van der Waals surface area contributed by atoms with Crippen LogP contribution in [-0.2, 0) is 13.2 Å². The molecule has 2 rings (SSSR count). The smallest absolute Gasteiger partial charge is 0.130 e. The van der Waals surface area contributed by atoms with Gasteiger partial charge in [0.05, 0.1) is 11.4 Å². The average Bonchev–Trinajstić information content (AvgIpc) is 2.43. The van der Waals surface area contributed by atoms with Gasteiger partial charge in [-0.05, 0) is 30.3 Å². The summed E-state index contributed by atoms with van der Waals surface area (Å²) in [6.45, 7) is 5.51. The Kier molecular flexibility index (Phi) is 5.56. The van der Waals surface area contributed by atoms with E-state index in [1.54, 1.807) is 0 Å². The number of hydrogen-bond acceptors (Lipinski definition) is 3. The molecule has 0 aliphatic carbocycles. The van der Waals surface area contributed by atoms with Crippen LogP contribution in [0.5, 0.6) is 5.75 Å². The largest absolute Gasteiger partial charge is 0.487 e. The Balaban J connectivity index is 1.94. The van der Waals surface area contributed by atoms with E-state index >= 15 is 0 Å². The molecule has 1 heterocycles. The molecule has 20 heavy (non-hydrogen) atoms. The van der Waals surface area contributed by atoms with Crippen LogP contribution in [0.1, 0.15) is 25.2 Å². The van der Waals surface area contributed by atoms with Crippen LogP contribution in [0.3, 0.4) is 0 Å². The highest BCUT2D eigenvalue weighted by Gasteiger charge is 2.01. The molecule has 0 fully saturated rings. The summed E-state index contributed by atoms with van der Waals surface area (Å²) in [4.78, 5) is 4.58. The zero-order valence-corrected chi connectivity index (χ0v) is 13.4. The number of hydrogen-bond donors (Lipinski definition) is 1. The zero-order chi connectivity index (χ0) is 14.4. The molecule has 0 bridgehead atoms. The molecule has 0 atom stereocenters. The van der Waals surface area contributed by atoms with Crippen LogP contribution in [0.2, 0.25) is 0 Å². The molecule has 0 spiro atoms. The topological polar surface area (TPSA) is 34.1 Å². The third-order valence-electron chi connectivity index (χ3n) is 2.74. The van der Waals surface area contributed by atoms with Gasteiger partial charge in [0.2, 0.25) is 0 Å². The summed E-state index contributed by atoms with van der Waals surface area (Å²) in [5, 5.41) is 3.36. The molecule has 1 aromatic heterocycles. The first-order valence-corrected chi connectivity index (χ1v) is 7.49. The second kappa shape index (κ2) is 7.41. The van der Waals surface area contributed by atoms with Gasteiger partial charge in [-0.1, -0.05) is 41.9 Å². The minimum Gasteiger partial charge on any atom is -0.487 e. The van der Waals surface area contributed by atoms with Crippen LogP contribution in [-0.4, -0.2) is 11.0 Å². The van der Waals surface area contributed by atoms with Crippen molar-refractivity contribution in [2.24, 2.45) is 0 Å². The lowest BCUT2D eigenvalue weighted by Crippen LogP contribution is -2.22. The van der Waals surface area contributed by atoms with Gasteiger partial charge in [0.1, 0.15) is 12.4 Å². The molecule has 0 saturated heterocycles. The summed E-state index contributed by atoms with van der Waals surface area (Å²) in [6, 6.07) is 14.3. The summed E-state index contributed by atoms with van der Waals surface area (Å²) >= 11 is 3.43. The van der Waals surface area contributed by atoms with E-state index in [0.29, 0.717) is 12.6 Å². The molecule has 1 aromatic carbocycles. The van der Waals surface area contributed by atoms with Crippen LogP contribution < -0.4 is 10.1 Å². The highest BCUT2D eigenvalue weighted by atomic mass is 79.9. The van der Waals surface area contributed by atoms with Crippen molar-refractivity contribution in [1.29, 1.82) is 0 Å². The van der Waals surface area contributed by atoms with E-state index < -0.39 is 0 Å². The molecule has 0 aliphatic heterocycles. The van der Waals surface area contributed by atoms with Gasteiger partial charge in [-0.15, -0.1) is 0 Å². The predicted molar refractivity (Wildman–Crippen MR) is 84.7 cm³/mol. The standard InChI is InChI=1S/C16H19BrN2O/c1-12(2)18-10-14-6-4-7-15(19-14)11-20-16-8-3-5-13(17)9-16/h3-9,12,18H,10-11H2,1-2H3. The zero-order valence-electron chi connectivity index (χ0n) is 11.8. The first kappa shape index (κ1) is 15.0. The van der Waals surface area contributed by atoms with Crippen molar-refractivity contribution in [3.05, 3.63) is 58.3 Å². The summed E-state index contributed by atoms with van der Waals surface area (Å²) in [5.41, 5.74) is 1.97. The van der Waals surface area contributed by atoms with Crippen molar-refractivity contribution in [1.82, 2.24) is 10.3 Å². The van der Waals surface area contributed by atoms with Gasteiger partial charge in [-0.2, -0.15) is 0 Å². The molecule has 4 heteroatoms. The van der Waals surface area contributed by atoms with Gasteiger partial charge in [0.15, 0.2) is 0 Å². The fourth-order valence-electron chi connectivity index (χ4n) is 1.73. The number of nitrogens with zero attached hydrogens (tertiary/aromatic N) is 1. The monoisotopic (exact) mass is 334 g/mol. The second-order valence-corrected chi connectivity index (χ2v) is 5.82. The van der Waals surface area contributed by atoms with Gasteiger partial charge >= 0.3 is 0 Å². The third-order valence-corrected chi connectivity index (χ3v) is 3.23. The van der Waals surface area contributed by atoms with Crippen LogP contribution >= 0.6 is 15.9 Å². The van der Waals surface area contributed by atoms with Gasteiger partial charge < -0.3 is 10.1 Å². The number of pyridine rings is 1. The number of aromatic nitrogens is 1. The quantitative estimate of drug-likeness (QED) is 0.869. The molecule has 0 saturated carbocycles. The van der Waals surface area contributed by atoms with Gasteiger partial charge in [-0.3, -0.25) is 4.98 Å². The molecule has 0 amide bonds. The lowest BCUT2D eigenvalue weighted by molar-refractivity contribution is 0.300. The normalized spacial score (nSPS) is 10.8. The summed E-state index contributed by atoms with van der Waals surface area (Å²) < 4.78 is 6.75. The Hall–Kier alpha value is -1.39. The number of ether oxygens (including phenoxy) is 1. The number of halogens is 1. The Morgan fingerprint density at radius 1 is 1.15 bits per heavy atom.